The molecule has 0 aliphatic rings. The normalized spacial score (nSPS) is 10.6. The summed E-state index contributed by atoms with van der Waals surface area (Å²) in [4.78, 5) is 4.38. The van der Waals surface area contributed by atoms with E-state index in [9.17, 15) is 0 Å². The molecular formula is C13H13N5O. The SMILES string of the molecule is COc1ccccc1Nc1ccc2c(N)[nH]nc2n1. The average Bonchev–Trinajstić information content (AvgIpc) is 2.81. The van der Waals surface area contributed by atoms with Crippen molar-refractivity contribution in [1.29, 1.82) is 0 Å². The fourth-order valence-electron chi connectivity index (χ4n) is 1.87. The maximum Gasteiger partial charge on any atom is 0.185 e. The quantitative estimate of drug-likeness (QED) is 0.668. The van der Waals surface area contributed by atoms with Gasteiger partial charge in [-0.25, -0.2) is 4.98 Å². The molecule has 0 fully saturated rings. The Bertz CT molecular complexity index is 722. The van der Waals surface area contributed by atoms with Gasteiger partial charge < -0.3 is 15.8 Å². The lowest BCUT2D eigenvalue weighted by molar-refractivity contribution is 0.417. The summed E-state index contributed by atoms with van der Waals surface area (Å²) in [5.41, 5.74) is 7.15. The van der Waals surface area contributed by atoms with E-state index in [1.807, 2.05) is 36.4 Å². The van der Waals surface area contributed by atoms with E-state index >= 15 is 0 Å². The van der Waals surface area contributed by atoms with Crippen molar-refractivity contribution in [1.82, 2.24) is 15.2 Å². The number of pyridine rings is 1. The molecule has 2 aromatic heterocycles. The molecule has 0 aliphatic heterocycles. The van der Waals surface area contributed by atoms with Gasteiger partial charge in [-0.1, -0.05) is 12.1 Å². The molecule has 0 radical (unpaired) electrons. The van der Waals surface area contributed by atoms with E-state index in [0.29, 0.717) is 17.3 Å². The number of hydrogen-bond acceptors (Lipinski definition) is 5. The van der Waals surface area contributed by atoms with Gasteiger partial charge in [-0.15, -0.1) is 0 Å². The fraction of sp³-hybridized carbons (Fsp3) is 0.0769. The molecule has 6 nitrogen and oxygen atoms in total. The Morgan fingerprint density at radius 3 is 2.89 bits per heavy atom. The number of nitrogens with zero attached hydrogens (tertiary/aromatic N) is 2. The molecule has 6 heteroatoms. The van der Waals surface area contributed by atoms with Crippen LogP contribution < -0.4 is 15.8 Å². The van der Waals surface area contributed by atoms with Crippen LogP contribution in [-0.2, 0) is 0 Å². The van der Waals surface area contributed by atoms with Crippen LogP contribution in [-0.4, -0.2) is 22.3 Å². The van der Waals surface area contributed by atoms with Gasteiger partial charge in [0.15, 0.2) is 5.65 Å². The number of fused-ring (bicyclic) bond motifs is 1. The summed E-state index contributed by atoms with van der Waals surface area (Å²) in [7, 11) is 1.63. The predicted octanol–water partition coefficient (Wildman–Crippen LogP) is 2.29. The van der Waals surface area contributed by atoms with Crippen LogP contribution in [0.5, 0.6) is 5.75 Å². The third-order valence-electron chi connectivity index (χ3n) is 2.82. The number of aromatic amines is 1. The molecule has 0 atom stereocenters. The van der Waals surface area contributed by atoms with E-state index in [0.717, 1.165) is 16.8 Å². The van der Waals surface area contributed by atoms with Gasteiger partial charge in [-0.3, -0.25) is 5.10 Å². The molecule has 0 saturated carbocycles. The lowest BCUT2D eigenvalue weighted by Crippen LogP contribution is -1.96. The summed E-state index contributed by atoms with van der Waals surface area (Å²) >= 11 is 0. The van der Waals surface area contributed by atoms with Gasteiger partial charge >= 0.3 is 0 Å². The third-order valence-corrected chi connectivity index (χ3v) is 2.82. The Hall–Kier alpha value is -2.76. The molecule has 0 amide bonds. The molecule has 0 saturated heterocycles. The largest absolute Gasteiger partial charge is 0.495 e. The number of methoxy groups -OCH3 is 1. The minimum absolute atomic E-state index is 0.520. The first-order chi connectivity index (χ1) is 9.28. The van der Waals surface area contributed by atoms with Crippen molar-refractivity contribution in [3.8, 4) is 5.75 Å². The Morgan fingerprint density at radius 2 is 2.05 bits per heavy atom. The van der Waals surface area contributed by atoms with Gasteiger partial charge in [-0.05, 0) is 24.3 Å². The zero-order chi connectivity index (χ0) is 13.2. The maximum atomic E-state index is 5.73. The van der Waals surface area contributed by atoms with Crippen molar-refractivity contribution in [2.45, 2.75) is 0 Å². The third kappa shape index (κ3) is 2.03. The number of ether oxygens (including phenoxy) is 1. The van der Waals surface area contributed by atoms with Crippen LogP contribution in [0.25, 0.3) is 11.0 Å². The highest BCUT2D eigenvalue weighted by molar-refractivity contribution is 5.87. The van der Waals surface area contributed by atoms with E-state index in [1.54, 1.807) is 7.11 Å². The molecule has 0 spiro atoms. The number of benzene rings is 1. The summed E-state index contributed by atoms with van der Waals surface area (Å²) in [6, 6.07) is 11.4. The second-order valence-corrected chi connectivity index (χ2v) is 4.03. The van der Waals surface area contributed by atoms with Gasteiger partial charge in [0.2, 0.25) is 0 Å². The molecule has 2 heterocycles. The van der Waals surface area contributed by atoms with Crippen LogP contribution in [0.15, 0.2) is 36.4 Å². The van der Waals surface area contributed by atoms with Crippen LogP contribution in [0, 0.1) is 0 Å². The zero-order valence-corrected chi connectivity index (χ0v) is 10.3. The topological polar surface area (TPSA) is 88.9 Å². The van der Waals surface area contributed by atoms with Crippen molar-refractivity contribution in [2.75, 3.05) is 18.2 Å². The zero-order valence-electron chi connectivity index (χ0n) is 10.3. The second kappa shape index (κ2) is 4.49. The van der Waals surface area contributed by atoms with Crippen molar-refractivity contribution in [3.63, 3.8) is 0 Å². The van der Waals surface area contributed by atoms with E-state index in [4.69, 9.17) is 10.5 Å². The van der Waals surface area contributed by atoms with Crippen molar-refractivity contribution < 1.29 is 4.74 Å². The Kier molecular flexibility index (Phi) is 2.68. The number of nitrogen functional groups attached to an aromatic ring is 1. The molecule has 3 rings (SSSR count). The number of anilines is 3. The van der Waals surface area contributed by atoms with Crippen LogP contribution in [0.2, 0.25) is 0 Å². The summed E-state index contributed by atoms with van der Waals surface area (Å²) < 4.78 is 5.28. The van der Waals surface area contributed by atoms with Gasteiger partial charge in [0, 0.05) is 0 Å². The summed E-state index contributed by atoms with van der Waals surface area (Å²) in [5.74, 6) is 1.96. The summed E-state index contributed by atoms with van der Waals surface area (Å²) in [5, 5.41) is 10.7. The first-order valence-electron chi connectivity index (χ1n) is 5.78. The number of rotatable bonds is 3. The molecule has 0 unspecified atom stereocenters. The Morgan fingerprint density at radius 1 is 1.21 bits per heavy atom. The highest BCUT2D eigenvalue weighted by Gasteiger charge is 2.06. The van der Waals surface area contributed by atoms with Crippen molar-refractivity contribution in [3.05, 3.63) is 36.4 Å². The number of H-pyrrole nitrogens is 1. The average molecular weight is 255 g/mol. The van der Waals surface area contributed by atoms with Gasteiger partial charge in [-0.2, -0.15) is 5.10 Å². The molecular weight excluding hydrogens is 242 g/mol. The first kappa shape index (κ1) is 11.3. The van der Waals surface area contributed by atoms with Crippen molar-refractivity contribution >= 4 is 28.4 Å². The maximum absolute atomic E-state index is 5.73. The summed E-state index contributed by atoms with van der Waals surface area (Å²) in [6.45, 7) is 0. The molecule has 0 bridgehead atoms. The number of aromatic nitrogens is 3. The number of para-hydroxylation sites is 2. The Labute approximate surface area is 109 Å². The minimum atomic E-state index is 0.520. The van der Waals surface area contributed by atoms with Crippen LogP contribution >= 0.6 is 0 Å². The van der Waals surface area contributed by atoms with Crippen LogP contribution in [0.4, 0.5) is 17.3 Å². The van der Waals surface area contributed by atoms with Gasteiger partial charge in [0.1, 0.15) is 17.4 Å². The van der Waals surface area contributed by atoms with Crippen molar-refractivity contribution in [2.24, 2.45) is 0 Å². The first-order valence-corrected chi connectivity index (χ1v) is 5.78. The predicted molar refractivity (Wildman–Crippen MR) is 74.6 cm³/mol. The molecule has 1 aromatic carbocycles. The number of nitrogens with one attached hydrogen (secondary N) is 2. The fourth-order valence-corrected chi connectivity index (χ4v) is 1.87. The molecule has 0 aliphatic carbocycles. The van der Waals surface area contributed by atoms with E-state index in [2.05, 4.69) is 20.5 Å². The molecule has 4 N–H and O–H groups in total. The van der Waals surface area contributed by atoms with Crippen LogP contribution in [0.3, 0.4) is 0 Å². The van der Waals surface area contributed by atoms with Gasteiger partial charge in [0.25, 0.3) is 0 Å². The smallest absolute Gasteiger partial charge is 0.185 e. The van der Waals surface area contributed by atoms with E-state index in [-0.39, 0.29) is 0 Å². The van der Waals surface area contributed by atoms with E-state index < -0.39 is 0 Å². The highest BCUT2D eigenvalue weighted by atomic mass is 16.5. The highest BCUT2D eigenvalue weighted by Crippen LogP contribution is 2.27. The lowest BCUT2D eigenvalue weighted by atomic mass is 10.3. The standard InChI is InChI=1S/C13H13N5O/c1-19-10-5-3-2-4-9(10)15-11-7-6-8-12(14)17-18-13(8)16-11/h2-7H,1H3,(H4,14,15,16,17,18). The number of nitrogens with two attached hydrogens (primary N) is 1. The Balaban J connectivity index is 1.96. The lowest BCUT2D eigenvalue weighted by Gasteiger charge is -2.09. The molecule has 19 heavy (non-hydrogen) atoms. The number of hydrogen-bond donors (Lipinski definition) is 3. The molecule has 3 aromatic rings. The van der Waals surface area contributed by atoms with Crippen LogP contribution in [0.1, 0.15) is 0 Å². The molecule has 96 valence electrons. The second-order valence-electron chi connectivity index (χ2n) is 4.03. The van der Waals surface area contributed by atoms with E-state index in [1.165, 1.54) is 0 Å². The monoisotopic (exact) mass is 255 g/mol. The minimum Gasteiger partial charge on any atom is -0.495 e. The van der Waals surface area contributed by atoms with Gasteiger partial charge in [0.05, 0.1) is 18.2 Å². The summed E-state index contributed by atoms with van der Waals surface area (Å²) in [6.07, 6.45) is 0.